The predicted molar refractivity (Wildman–Crippen MR) is 123 cm³/mol. The minimum Gasteiger partial charge on any atom is -0.334 e. The number of hydrogen-bond acceptors (Lipinski definition) is 4. The first-order chi connectivity index (χ1) is 15.6. The molecular formula is C25H28N4O4. The van der Waals surface area contributed by atoms with Crippen molar-refractivity contribution in [2.24, 2.45) is 0 Å². The molecule has 1 saturated heterocycles. The molecule has 0 aromatic heterocycles. The normalized spacial score (nSPS) is 18.1. The minimum absolute atomic E-state index is 0.0452. The van der Waals surface area contributed by atoms with Crippen LogP contribution < -0.4 is 16.0 Å². The molecule has 1 atom stereocenters. The predicted octanol–water partition coefficient (Wildman–Crippen LogP) is 3.07. The Bertz CT molecular complexity index is 1120. The minimum atomic E-state index is -0.639. The average Bonchev–Trinajstić information content (AvgIpc) is 3.07. The standard InChI is InChI=1S/C25H28N4O4/c1-25(2,3)17-5-7-18(8-6-17)27-24(33)26-13-15-4-9-19-16(12-15)14-29(23(19)32)20-10-11-21(30)28-22(20)31/h4-9,12,20H,10-11,13-14H2,1-3H3,(H2,26,27,33)(H,28,30,31). The Morgan fingerprint density at radius 1 is 1.09 bits per heavy atom. The van der Waals surface area contributed by atoms with Crippen LogP contribution >= 0.6 is 0 Å². The Kier molecular flexibility index (Phi) is 5.93. The fourth-order valence-corrected chi connectivity index (χ4v) is 4.15. The number of anilines is 1. The van der Waals surface area contributed by atoms with Gasteiger partial charge in [0.1, 0.15) is 6.04 Å². The van der Waals surface area contributed by atoms with E-state index < -0.39 is 11.9 Å². The molecule has 3 N–H and O–H groups in total. The van der Waals surface area contributed by atoms with Crippen molar-refractivity contribution in [3.05, 3.63) is 64.7 Å². The molecule has 4 rings (SSSR count). The molecule has 2 aliphatic heterocycles. The number of imide groups is 1. The monoisotopic (exact) mass is 448 g/mol. The van der Waals surface area contributed by atoms with Crippen LogP contribution in [-0.2, 0) is 28.1 Å². The molecule has 0 radical (unpaired) electrons. The highest BCUT2D eigenvalue weighted by atomic mass is 16.2. The fourth-order valence-electron chi connectivity index (χ4n) is 4.15. The van der Waals surface area contributed by atoms with Crippen molar-refractivity contribution >= 4 is 29.4 Å². The largest absolute Gasteiger partial charge is 0.334 e. The molecular weight excluding hydrogens is 420 g/mol. The Balaban J connectivity index is 1.35. The van der Waals surface area contributed by atoms with Gasteiger partial charge in [0.15, 0.2) is 0 Å². The Morgan fingerprint density at radius 3 is 2.48 bits per heavy atom. The number of rotatable bonds is 4. The van der Waals surface area contributed by atoms with E-state index in [4.69, 9.17) is 0 Å². The quantitative estimate of drug-likeness (QED) is 0.625. The van der Waals surface area contributed by atoms with Crippen LogP contribution in [0.2, 0.25) is 0 Å². The molecule has 1 unspecified atom stereocenters. The van der Waals surface area contributed by atoms with E-state index in [0.717, 1.165) is 11.1 Å². The lowest BCUT2D eigenvalue weighted by molar-refractivity contribution is -0.136. The summed E-state index contributed by atoms with van der Waals surface area (Å²) in [5.41, 5.74) is 4.15. The Labute approximate surface area is 192 Å². The van der Waals surface area contributed by atoms with Gasteiger partial charge in [-0.05, 0) is 46.7 Å². The zero-order chi connectivity index (χ0) is 23.8. The van der Waals surface area contributed by atoms with Crippen molar-refractivity contribution in [2.75, 3.05) is 5.32 Å². The lowest BCUT2D eigenvalue weighted by atomic mass is 9.87. The van der Waals surface area contributed by atoms with Crippen molar-refractivity contribution in [3.8, 4) is 0 Å². The van der Waals surface area contributed by atoms with Crippen molar-refractivity contribution in [1.82, 2.24) is 15.5 Å². The molecule has 8 heteroatoms. The number of urea groups is 1. The van der Waals surface area contributed by atoms with Crippen LogP contribution in [0.3, 0.4) is 0 Å². The van der Waals surface area contributed by atoms with Gasteiger partial charge in [0.05, 0.1) is 0 Å². The van der Waals surface area contributed by atoms with Crippen molar-refractivity contribution < 1.29 is 19.2 Å². The third-order valence-electron chi connectivity index (χ3n) is 6.05. The maximum Gasteiger partial charge on any atom is 0.319 e. The lowest BCUT2D eigenvalue weighted by Crippen LogP contribution is -2.52. The van der Waals surface area contributed by atoms with Crippen molar-refractivity contribution in [3.63, 3.8) is 0 Å². The second-order valence-electron chi connectivity index (χ2n) is 9.53. The summed E-state index contributed by atoms with van der Waals surface area (Å²) in [5, 5.41) is 7.96. The number of amides is 5. The van der Waals surface area contributed by atoms with E-state index in [-0.39, 0.29) is 29.7 Å². The second-order valence-corrected chi connectivity index (χ2v) is 9.53. The molecule has 0 aliphatic carbocycles. The highest BCUT2D eigenvalue weighted by Crippen LogP contribution is 2.28. The first kappa shape index (κ1) is 22.5. The van der Waals surface area contributed by atoms with E-state index in [0.29, 0.717) is 30.8 Å². The number of carbonyl (C=O) groups is 4. The summed E-state index contributed by atoms with van der Waals surface area (Å²) in [7, 11) is 0. The fraction of sp³-hybridized carbons (Fsp3) is 0.360. The molecule has 2 heterocycles. The van der Waals surface area contributed by atoms with Gasteiger partial charge in [-0.1, -0.05) is 45.0 Å². The maximum atomic E-state index is 12.8. The molecule has 0 bridgehead atoms. The van der Waals surface area contributed by atoms with Crippen LogP contribution in [0.4, 0.5) is 10.5 Å². The number of carbonyl (C=O) groups excluding carboxylic acids is 4. The number of fused-ring (bicyclic) bond motifs is 1. The first-order valence-corrected chi connectivity index (χ1v) is 11.0. The van der Waals surface area contributed by atoms with E-state index >= 15 is 0 Å². The summed E-state index contributed by atoms with van der Waals surface area (Å²) in [6, 6.07) is 12.2. The van der Waals surface area contributed by atoms with Gasteiger partial charge in [-0.3, -0.25) is 19.7 Å². The third-order valence-corrected chi connectivity index (χ3v) is 6.05. The van der Waals surface area contributed by atoms with Crippen LogP contribution in [0.5, 0.6) is 0 Å². The zero-order valence-electron chi connectivity index (χ0n) is 19.0. The number of piperidine rings is 1. The second kappa shape index (κ2) is 8.69. The van der Waals surface area contributed by atoms with Crippen LogP contribution in [0.25, 0.3) is 0 Å². The van der Waals surface area contributed by atoms with Gasteiger partial charge in [-0.2, -0.15) is 0 Å². The van der Waals surface area contributed by atoms with Crippen LogP contribution in [-0.4, -0.2) is 34.7 Å². The molecule has 0 spiro atoms. The van der Waals surface area contributed by atoms with E-state index in [2.05, 4.69) is 36.7 Å². The van der Waals surface area contributed by atoms with Crippen molar-refractivity contribution in [1.29, 1.82) is 0 Å². The maximum absolute atomic E-state index is 12.8. The number of hydrogen-bond donors (Lipinski definition) is 3. The zero-order valence-corrected chi connectivity index (χ0v) is 19.0. The molecule has 2 aromatic carbocycles. The van der Waals surface area contributed by atoms with Crippen molar-refractivity contribution in [2.45, 2.75) is 58.2 Å². The highest BCUT2D eigenvalue weighted by Gasteiger charge is 2.39. The summed E-state index contributed by atoms with van der Waals surface area (Å²) >= 11 is 0. The van der Waals surface area contributed by atoms with Crippen LogP contribution in [0.15, 0.2) is 42.5 Å². The Morgan fingerprint density at radius 2 is 1.82 bits per heavy atom. The lowest BCUT2D eigenvalue weighted by Gasteiger charge is -2.29. The van der Waals surface area contributed by atoms with Crippen LogP contribution in [0.1, 0.15) is 60.7 Å². The number of benzene rings is 2. The molecule has 1 fully saturated rings. The van der Waals surface area contributed by atoms with E-state index in [1.165, 1.54) is 10.5 Å². The molecule has 0 saturated carbocycles. The molecule has 2 aromatic rings. The van der Waals surface area contributed by atoms with Crippen LogP contribution in [0, 0.1) is 0 Å². The SMILES string of the molecule is CC(C)(C)c1ccc(NC(=O)NCc2ccc3c(c2)CN(C2CCC(=O)NC2=O)C3=O)cc1. The molecule has 8 nitrogen and oxygen atoms in total. The summed E-state index contributed by atoms with van der Waals surface area (Å²) < 4.78 is 0. The summed E-state index contributed by atoms with van der Waals surface area (Å²) in [6.45, 7) is 7.01. The van der Waals surface area contributed by atoms with E-state index in [1.54, 1.807) is 12.1 Å². The molecule has 5 amide bonds. The Hall–Kier alpha value is -3.68. The number of nitrogens with zero attached hydrogens (tertiary/aromatic N) is 1. The van der Waals surface area contributed by atoms with Gasteiger partial charge >= 0.3 is 6.03 Å². The highest BCUT2D eigenvalue weighted by molar-refractivity contribution is 6.05. The smallest absolute Gasteiger partial charge is 0.319 e. The van der Waals surface area contributed by atoms with Gasteiger partial charge in [0, 0.05) is 30.8 Å². The summed E-state index contributed by atoms with van der Waals surface area (Å²) in [6.07, 6.45) is 0.551. The molecule has 172 valence electrons. The number of nitrogens with one attached hydrogen (secondary N) is 3. The van der Waals surface area contributed by atoms with E-state index in [9.17, 15) is 19.2 Å². The van der Waals surface area contributed by atoms with Gasteiger partial charge in [0.25, 0.3) is 5.91 Å². The first-order valence-electron chi connectivity index (χ1n) is 11.0. The molecule has 33 heavy (non-hydrogen) atoms. The third kappa shape index (κ3) is 4.89. The van der Waals surface area contributed by atoms with Gasteiger partial charge in [0.2, 0.25) is 11.8 Å². The average molecular weight is 449 g/mol. The topological polar surface area (TPSA) is 108 Å². The van der Waals surface area contributed by atoms with E-state index in [1.807, 2.05) is 30.3 Å². The van der Waals surface area contributed by atoms with Gasteiger partial charge < -0.3 is 15.5 Å². The summed E-state index contributed by atoms with van der Waals surface area (Å²) in [4.78, 5) is 50.2. The molecule has 2 aliphatic rings. The van der Waals surface area contributed by atoms with Gasteiger partial charge in [-0.25, -0.2) is 4.79 Å². The summed E-state index contributed by atoms with van der Waals surface area (Å²) in [5.74, 6) is -0.950. The van der Waals surface area contributed by atoms with Gasteiger partial charge in [-0.15, -0.1) is 0 Å².